The van der Waals surface area contributed by atoms with Crippen LogP contribution in [0, 0.1) is 0 Å². The van der Waals surface area contributed by atoms with E-state index in [2.05, 4.69) is 39.5 Å². The van der Waals surface area contributed by atoms with E-state index >= 15 is 0 Å². The van der Waals surface area contributed by atoms with Crippen LogP contribution in [0.15, 0.2) is 23.9 Å². The van der Waals surface area contributed by atoms with Crippen LogP contribution in [0.5, 0.6) is 0 Å². The summed E-state index contributed by atoms with van der Waals surface area (Å²) in [5.74, 6) is 0. The van der Waals surface area contributed by atoms with E-state index in [-0.39, 0.29) is 39.0 Å². The number of rotatable bonds is 2. The number of piperidine rings is 3. The van der Waals surface area contributed by atoms with Crippen LogP contribution in [0.25, 0.3) is 21.3 Å². The Morgan fingerprint density at radius 1 is 0.643 bits per heavy atom. The van der Waals surface area contributed by atoms with Crippen LogP contribution in [0.4, 0.5) is 0 Å². The van der Waals surface area contributed by atoms with Gasteiger partial charge in [-0.2, -0.15) is 47.1 Å². The normalized spacial score (nSPS) is 22.2. The maximum absolute atomic E-state index is 8.70. The van der Waals surface area contributed by atoms with Crippen LogP contribution >= 0.6 is 33.7 Å². The first-order valence-corrected chi connectivity index (χ1v) is 17.5. The molecule has 22 heteroatoms. The Hall–Kier alpha value is 1.07. The van der Waals surface area contributed by atoms with Gasteiger partial charge in [-0.05, 0) is 0 Å². The molecule has 3 fully saturated rings. The smallest absolute Gasteiger partial charge is 0.686 e. The zero-order chi connectivity index (χ0) is 30.8. The average molecular weight is 787 g/mol. The van der Waals surface area contributed by atoms with Crippen molar-refractivity contribution in [1.29, 1.82) is 0 Å². The van der Waals surface area contributed by atoms with E-state index in [1.807, 2.05) is 0 Å². The maximum atomic E-state index is 8.70. The van der Waals surface area contributed by atoms with E-state index < -0.39 is 33.7 Å². The summed E-state index contributed by atoms with van der Waals surface area (Å²) in [6, 6.07) is 1.60. The van der Waals surface area contributed by atoms with E-state index in [1.165, 1.54) is 63.5 Å². The van der Waals surface area contributed by atoms with Gasteiger partial charge in [-0.25, -0.2) is 0 Å². The molecule has 0 radical (unpaired) electrons. The standard InChI is InChI=1S/C10H18N2.C10H14N2.2H4O3P.2HO3P.2Zn/c2*1-3-7-11-9(5-1)10-6-2-4-8-12-10;4*1-4(2)3;;/h9-10H,1-8H2;1,3,5,10H,2,4,6-8H2;2*1-4H;2*(H-,1,2,3);;/q2*-2;2*+1;;;2*+2/p+2. The fraction of sp³-hybridized carbons (Fsp3) is 0.800. The van der Waals surface area contributed by atoms with Crippen LogP contribution in [0.1, 0.15) is 57.8 Å². The third-order valence-electron chi connectivity index (χ3n) is 5.35. The minimum atomic E-state index is -2.88. The summed E-state index contributed by atoms with van der Waals surface area (Å²) in [6.45, 7) is 4.06. The van der Waals surface area contributed by atoms with E-state index in [1.54, 1.807) is 0 Å². The van der Waals surface area contributed by atoms with Gasteiger partial charge in [0, 0.05) is 9.13 Å². The molecule has 0 amide bonds. The quantitative estimate of drug-likeness (QED) is 0.143. The summed E-state index contributed by atoms with van der Waals surface area (Å²) in [5.41, 5.74) is 1.19. The van der Waals surface area contributed by atoms with Gasteiger partial charge in [-0.15, -0.1) is 57.9 Å². The summed E-state index contributed by atoms with van der Waals surface area (Å²) in [6.07, 6.45) is 18.0. The molecule has 4 heterocycles. The molecular weight excluding hydrogens is 743 g/mol. The summed E-state index contributed by atoms with van der Waals surface area (Å²) in [7, 11) is -11.5. The Morgan fingerprint density at radius 2 is 1.00 bits per heavy atom. The Morgan fingerprint density at radius 3 is 1.26 bits per heavy atom. The van der Waals surface area contributed by atoms with Crippen molar-refractivity contribution in [3.05, 3.63) is 45.2 Å². The molecule has 0 aliphatic carbocycles. The monoisotopic (exact) mass is 784 g/mol. The van der Waals surface area contributed by atoms with E-state index in [4.69, 9.17) is 58.1 Å². The predicted molar refractivity (Wildman–Crippen MR) is 157 cm³/mol. The van der Waals surface area contributed by atoms with Gasteiger partial charge < -0.3 is 21.3 Å². The second-order valence-electron chi connectivity index (χ2n) is 8.32. The zero-order valence-electron chi connectivity index (χ0n) is 23.5. The van der Waals surface area contributed by atoms with Gasteiger partial charge in [0.2, 0.25) is 0 Å². The third kappa shape index (κ3) is 39.1. The Labute approximate surface area is 276 Å². The minimum Gasteiger partial charge on any atom is -0.686 e. The molecule has 4 aliphatic heterocycles. The first kappa shape index (κ1) is 49.9. The zero-order valence-corrected chi connectivity index (χ0v) is 33.3. The molecule has 0 aromatic rings. The first-order chi connectivity index (χ1) is 18.9. The van der Waals surface area contributed by atoms with Gasteiger partial charge in [0.1, 0.15) is 0 Å². The molecule has 0 spiro atoms. The first-order valence-electron chi connectivity index (χ1n) is 12.5. The number of hydrogen-bond acceptors (Lipinski definition) is 8. The largest absolute Gasteiger partial charge is 2.00 e. The molecule has 0 bridgehead atoms. The number of hydrogen-bond donors (Lipinski definition) is 10. The summed E-state index contributed by atoms with van der Waals surface area (Å²) < 4.78 is 17.4. The van der Waals surface area contributed by atoms with E-state index in [0.717, 1.165) is 26.2 Å². The van der Waals surface area contributed by atoms with Gasteiger partial charge >= 0.3 is 72.7 Å². The second-order valence-corrected chi connectivity index (χ2v) is 10.5. The molecular formula is C20H44N4O12P4Zn2+4. The van der Waals surface area contributed by atoms with Crippen molar-refractivity contribution in [3.8, 4) is 0 Å². The molecule has 0 saturated carbocycles. The van der Waals surface area contributed by atoms with Crippen molar-refractivity contribution in [2.45, 2.75) is 75.9 Å². The maximum Gasteiger partial charge on any atom is 2.00 e. The molecule has 4 rings (SSSR count). The molecule has 0 aromatic heterocycles. The van der Waals surface area contributed by atoms with Crippen LogP contribution in [-0.2, 0) is 48.1 Å². The van der Waals surface area contributed by atoms with Crippen LogP contribution < -0.4 is 0 Å². The average Bonchev–Trinajstić information content (AvgIpc) is 2.90. The van der Waals surface area contributed by atoms with Gasteiger partial charge in [0.05, 0.1) is 0 Å². The predicted octanol–water partition coefficient (Wildman–Crippen LogP) is 2.68. The molecule has 3 saturated heterocycles. The van der Waals surface area contributed by atoms with Crippen LogP contribution in [-0.4, -0.2) is 93.2 Å². The van der Waals surface area contributed by atoms with Crippen LogP contribution in [0.3, 0.4) is 0 Å². The van der Waals surface area contributed by atoms with E-state index in [9.17, 15) is 0 Å². The molecule has 4 aliphatic rings. The SMILES string of the molecule is C1=CC[N-]C(C2CCCC[N-]2)=C1.C1CCC(C2CCCC[N-]2)[N-]C1.O=[P+](O)O.O=[P+](O)O.O[PH+](O)O.O[PH+](O)O.[Zn+2].[Zn+2]. The summed E-state index contributed by atoms with van der Waals surface area (Å²) in [5, 5.41) is 18.3. The summed E-state index contributed by atoms with van der Waals surface area (Å²) >= 11 is 0. The number of allylic oxidation sites excluding steroid dienone is 2. The molecule has 10 N–H and O–H groups in total. The van der Waals surface area contributed by atoms with Crippen molar-refractivity contribution in [2.75, 3.05) is 26.2 Å². The fourth-order valence-corrected chi connectivity index (χ4v) is 3.94. The molecule has 0 aromatic carbocycles. The van der Waals surface area contributed by atoms with E-state index in [0.29, 0.717) is 18.1 Å². The molecule has 236 valence electrons. The molecule has 3 unspecified atom stereocenters. The minimum absolute atomic E-state index is 0. The topological polar surface area (TPSA) is 293 Å². The summed E-state index contributed by atoms with van der Waals surface area (Å²) in [4.78, 5) is 72.1. The van der Waals surface area contributed by atoms with Crippen molar-refractivity contribution in [1.82, 2.24) is 0 Å². The van der Waals surface area contributed by atoms with Crippen molar-refractivity contribution in [3.63, 3.8) is 0 Å². The molecule has 16 nitrogen and oxygen atoms in total. The fourth-order valence-electron chi connectivity index (χ4n) is 3.94. The molecule has 42 heavy (non-hydrogen) atoms. The Bertz CT molecular complexity index is 656. The third-order valence-corrected chi connectivity index (χ3v) is 5.35. The van der Waals surface area contributed by atoms with Gasteiger partial charge in [0.15, 0.2) is 0 Å². The van der Waals surface area contributed by atoms with Crippen LogP contribution in [0.2, 0.25) is 0 Å². The Balaban J connectivity index is -0.000000225. The Kier molecular flexibility index (Phi) is 41.5. The number of nitrogens with zero attached hydrogens (tertiary/aromatic N) is 4. The van der Waals surface area contributed by atoms with Crippen molar-refractivity contribution < 1.29 is 97.0 Å². The second kappa shape index (κ2) is 34.9. The van der Waals surface area contributed by atoms with Gasteiger partial charge in [-0.3, -0.25) is 0 Å². The molecule has 3 atom stereocenters. The van der Waals surface area contributed by atoms with Crippen molar-refractivity contribution in [2.24, 2.45) is 0 Å². The van der Waals surface area contributed by atoms with Crippen molar-refractivity contribution >= 4 is 33.7 Å². The van der Waals surface area contributed by atoms with Gasteiger partial charge in [0.25, 0.3) is 0 Å². The van der Waals surface area contributed by atoms with Gasteiger partial charge in [-0.1, -0.05) is 69.9 Å².